The first-order chi connectivity index (χ1) is 22.1. The van der Waals surface area contributed by atoms with E-state index in [1.165, 1.54) is 30.3 Å². The molecule has 3 saturated heterocycles. The first-order valence-electron chi connectivity index (χ1n) is 15.2. The number of amides is 1. The van der Waals surface area contributed by atoms with Crippen molar-refractivity contribution in [2.24, 2.45) is 0 Å². The number of likely N-dealkylation sites (tertiary alicyclic amines) is 1. The minimum atomic E-state index is -0.937. The molecule has 13 heteroatoms. The molecule has 2 N–H and O–H groups in total. The van der Waals surface area contributed by atoms with Crippen LogP contribution < -0.4 is 15.2 Å². The van der Waals surface area contributed by atoms with E-state index >= 15 is 4.39 Å². The number of carbonyl (C=O) groups is 1. The van der Waals surface area contributed by atoms with E-state index in [-0.39, 0.29) is 73.1 Å². The van der Waals surface area contributed by atoms with Gasteiger partial charge in [0.1, 0.15) is 41.6 Å². The molecule has 0 aliphatic carbocycles. The first kappa shape index (κ1) is 30.3. The minimum Gasteiger partial charge on any atom is -0.471 e. The Morgan fingerprint density at radius 2 is 2.09 bits per heavy atom. The zero-order valence-corrected chi connectivity index (χ0v) is 25.9. The Kier molecular flexibility index (Phi) is 7.52. The third kappa shape index (κ3) is 4.91. The van der Waals surface area contributed by atoms with E-state index in [1.54, 1.807) is 4.90 Å². The fourth-order valence-electron chi connectivity index (χ4n) is 7.27. The van der Waals surface area contributed by atoms with Gasteiger partial charge in [0.05, 0.1) is 32.7 Å². The molecule has 3 aliphatic heterocycles. The SMILES string of the molecule is C=CC(=O)N1CC[C@@H](Oc2nc(OC[C@@]34CCCN3C[C@H](F)C4)nc3cc(-c4ccc(F)c5sc(N)c(C#N)c45)c(F)cc23)[C@@H]1C. The Morgan fingerprint density at radius 1 is 1.26 bits per heavy atom. The average Bonchev–Trinajstić information content (AvgIpc) is 3.77. The zero-order valence-electron chi connectivity index (χ0n) is 25.1. The lowest BCUT2D eigenvalue weighted by atomic mass is 9.95. The van der Waals surface area contributed by atoms with Crippen molar-refractivity contribution >= 4 is 43.2 Å². The van der Waals surface area contributed by atoms with E-state index in [0.717, 1.165) is 30.7 Å². The molecule has 0 spiro atoms. The number of benzene rings is 2. The molecule has 9 nitrogen and oxygen atoms in total. The van der Waals surface area contributed by atoms with Gasteiger partial charge in [0.2, 0.25) is 11.8 Å². The van der Waals surface area contributed by atoms with Crippen LogP contribution in [-0.4, -0.2) is 75.8 Å². The summed E-state index contributed by atoms with van der Waals surface area (Å²) in [6.45, 7) is 7.22. The molecule has 3 aliphatic rings. The molecule has 4 atom stereocenters. The molecule has 3 fully saturated rings. The molecule has 238 valence electrons. The number of hydrogen-bond acceptors (Lipinski definition) is 9. The predicted octanol–water partition coefficient (Wildman–Crippen LogP) is 5.75. The van der Waals surface area contributed by atoms with E-state index in [2.05, 4.69) is 21.4 Å². The summed E-state index contributed by atoms with van der Waals surface area (Å²) in [5.74, 6) is -1.37. The number of ether oxygens (including phenoxy) is 2. The van der Waals surface area contributed by atoms with E-state index in [0.29, 0.717) is 25.9 Å². The molecule has 0 radical (unpaired) electrons. The number of fused-ring (bicyclic) bond motifs is 3. The number of alkyl halides is 1. The van der Waals surface area contributed by atoms with E-state index in [4.69, 9.17) is 15.2 Å². The molecular formula is C33H31F3N6O3S. The highest BCUT2D eigenvalue weighted by Crippen LogP contribution is 2.44. The maximum atomic E-state index is 16.0. The number of anilines is 1. The van der Waals surface area contributed by atoms with Crippen LogP contribution in [-0.2, 0) is 4.79 Å². The summed E-state index contributed by atoms with van der Waals surface area (Å²) >= 11 is 0.928. The van der Waals surface area contributed by atoms with Gasteiger partial charge in [-0.2, -0.15) is 15.2 Å². The van der Waals surface area contributed by atoms with Gasteiger partial charge in [-0.3, -0.25) is 9.69 Å². The van der Waals surface area contributed by atoms with Crippen LogP contribution in [0.5, 0.6) is 11.9 Å². The van der Waals surface area contributed by atoms with Crippen LogP contribution in [0, 0.1) is 23.0 Å². The number of nitrogens with two attached hydrogens (primary N) is 1. The van der Waals surface area contributed by atoms with Crippen molar-refractivity contribution in [3.05, 3.63) is 54.1 Å². The Hall–Kier alpha value is -4.41. The summed E-state index contributed by atoms with van der Waals surface area (Å²) in [6, 6.07) is 7.06. The number of hydrogen-bond donors (Lipinski definition) is 1. The van der Waals surface area contributed by atoms with Gasteiger partial charge < -0.3 is 20.1 Å². The second-order valence-corrected chi connectivity index (χ2v) is 13.3. The number of thiophene rings is 1. The maximum absolute atomic E-state index is 16.0. The molecule has 46 heavy (non-hydrogen) atoms. The van der Waals surface area contributed by atoms with Gasteiger partial charge in [0, 0.05) is 36.9 Å². The van der Waals surface area contributed by atoms with Crippen molar-refractivity contribution in [3.8, 4) is 29.1 Å². The standard InChI is InChI=1S/C33H31F3N6O3S/c1-3-27(43)42-10-7-26(17(42)2)45-31-21-11-24(36)20(19-5-6-23(35)29-28(19)22(14-37)30(38)46-29)12-25(21)39-32(40-31)44-16-33-8-4-9-41(33)15-18(34)13-33/h3,5-6,11-12,17-18,26H,1,4,7-10,13,15-16,38H2,2H3/t17-,18+,26+,33-/m0/s1. The van der Waals surface area contributed by atoms with Gasteiger partial charge >= 0.3 is 6.01 Å². The quantitative estimate of drug-likeness (QED) is 0.252. The van der Waals surface area contributed by atoms with Crippen molar-refractivity contribution in [3.63, 3.8) is 0 Å². The summed E-state index contributed by atoms with van der Waals surface area (Å²) in [4.78, 5) is 25.3. The molecule has 0 unspecified atom stereocenters. The Morgan fingerprint density at radius 3 is 2.87 bits per heavy atom. The normalized spacial score (nSPS) is 24.4. The maximum Gasteiger partial charge on any atom is 0.320 e. The second kappa shape index (κ2) is 11.4. The highest BCUT2D eigenvalue weighted by molar-refractivity contribution is 7.23. The van der Waals surface area contributed by atoms with Gasteiger partial charge in [-0.25, -0.2) is 13.2 Å². The Balaban J connectivity index is 1.32. The van der Waals surface area contributed by atoms with E-state index in [9.17, 15) is 18.8 Å². The highest BCUT2D eigenvalue weighted by Gasteiger charge is 2.49. The molecule has 0 saturated carbocycles. The van der Waals surface area contributed by atoms with Gasteiger partial charge in [0.15, 0.2) is 0 Å². The van der Waals surface area contributed by atoms with Gasteiger partial charge in [0.25, 0.3) is 0 Å². The number of carbonyl (C=O) groups excluding carboxylic acids is 1. The lowest BCUT2D eigenvalue weighted by Gasteiger charge is -2.30. The number of rotatable bonds is 7. The van der Waals surface area contributed by atoms with Crippen molar-refractivity contribution < 1.29 is 27.4 Å². The predicted molar refractivity (Wildman–Crippen MR) is 168 cm³/mol. The highest BCUT2D eigenvalue weighted by atomic mass is 32.1. The Bertz CT molecular complexity index is 1950. The van der Waals surface area contributed by atoms with Crippen molar-refractivity contribution in [2.75, 3.05) is 32.0 Å². The molecule has 4 aromatic rings. The lowest BCUT2D eigenvalue weighted by Crippen LogP contribution is -2.43. The fourth-order valence-corrected chi connectivity index (χ4v) is 8.22. The molecule has 2 aromatic carbocycles. The monoisotopic (exact) mass is 648 g/mol. The summed E-state index contributed by atoms with van der Waals surface area (Å²) in [5, 5.41) is 10.4. The van der Waals surface area contributed by atoms with Crippen LogP contribution in [0.15, 0.2) is 36.9 Å². The smallest absolute Gasteiger partial charge is 0.320 e. The van der Waals surface area contributed by atoms with Crippen LogP contribution in [0.2, 0.25) is 0 Å². The summed E-state index contributed by atoms with van der Waals surface area (Å²) in [5.41, 5.74) is 6.30. The van der Waals surface area contributed by atoms with Crippen LogP contribution in [0.4, 0.5) is 18.2 Å². The molecule has 7 rings (SSSR count). The average molecular weight is 649 g/mol. The van der Waals surface area contributed by atoms with Crippen molar-refractivity contribution in [2.45, 2.75) is 56.5 Å². The van der Waals surface area contributed by atoms with Crippen LogP contribution in [0.25, 0.3) is 32.1 Å². The van der Waals surface area contributed by atoms with Crippen LogP contribution >= 0.6 is 11.3 Å². The molecule has 2 aromatic heterocycles. The first-order valence-corrected chi connectivity index (χ1v) is 16.0. The topological polar surface area (TPSA) is 118 Å². The number of nitrogen functional groups attached to an aromatic ring is 1. The largest absolute Gasteiger partial charge is 0.471 e. The third-order valence-corrected chi connectivity index (χ3v) is 10.6. The summed E-state index contributed by atoms with van der Waals surface area (Å²) in [7, 11) is 0. The van der Waals surface area contributed by atoms with E-state index in [1.807, 2.05) is 13.0 Å². The van der Waals surface area contributed by atoms with Gasteiger partial charge in [-0.1, -0.05) is 12.6 Å². The number of aromatic nitrogens is 2. The number of nitriles is 1. The lowest BCUT2D eigenvalue weighted by molar-refractivity contribution is -0.127. The second-order valence-electron chi connectivity index (χ2n) is 12.2. The minimum absolute atomic E-state index is 0.0185. The molecular weight excluding hydrogens is 617 g/mol. The molecule has 0 bridgehead atoms. The van der Waals surface area contributed by atoms with Crippen molar-refractivity contribution in [1.29, 1.82) is 5.26 Å². The van der Waals surface area contributed by atoms with Gasteiger partial charge in [-0.05, 0) is 56.1 Å². The Labute approximate surface area is 267 Å². The number of halogens is 3. The molecule has 1 amide bonds. The van der Waals surface area contributed by atoms with E-state index < -0.39 is 29.4 Å². The van der Waals surface area contributed by atoms with Crippen molar-refractivity contribution in [1.82, 2.24) is 19.8 Å². The van der Waals surface area contributed by atoms with Gasteiger partial charge in [-0.15, -0.1) is 11.3 Å². The third-order valence-electron chi connectivity index (χ3n) is 9.58. The van der Waals surface area contributed by atoms with Crippen LogP contribution in [0.1, 0.15) is 38.2 Å². The van der Waals surface area contributed by atoms with Crippen LogP contribution in [0.3, 0.4) is 0 Å². The summed E-state index contributed by atoms with van der Waals surface area (Å²) < 4.78 is 57.9. The zero-order chi connectivity index (χ0) is 32.3. The number of nitrogens with zero attached hydrogens (tertiary/aromatic N) is 5. The molecule has 5 heterocycles. The fraction of sp³-hybridized carbons (Fsp3) is 0.394. The summed E-state index contributed by atoms with van der Waals surface area (Å²) in [6.07, 6.45) is 2.47.